The SMILES string of the molecule is CCN=C(NC1CC1c1ccc(C(C)C)cc1)N1CCC(C(=O)OC)CC1. The largest absolute Gasteiger partial charge is 0.469 e. The lowest BCUT2D eigenvalue weighted by atomic mass is 9.97. The molecule has 148 valence electrons. The first-order valence-corrected chi connectivity index (χ1v) is 10.3. The van der Waals surface area contributed by atoms with E-state index in [1.807, 2.05) is 0 Å². The number of carbonyl (C=O) groups excluding carboxylic acids is 1. The number of nitrogens with one attached hydrogen (secondary N) is 1. The molecule has 1 heterocycles. The highest BCUT2D eigenvalue weighted by atomic mass is 16.5. The van der Waals surface area contributed by atoms with Gasteiger partial charge in [-0.3, -0.25) is 9.79 Å². The lowest BCUT2D eigenvalue weighted by molar-refractivity contribution is -0.146. The van der Waals surface area contributed by atoms with Gasteiger partial charge in [0.15, 0.2) is 5.96 Å². The van der Waals surface area contributed by atoms with Crippen LogP contribution >= 0.6 is 0 Å². The summed E-state index contributed by atoms with van der Waals surface area (Å²) in [7, 11) is 1.47. The summed E-state index contributed by atoms with van der Waals surface area (Å²) in [5.74, 6) is 2.09. The number of esters is 1. The van der Waals surface area contributed by atoms with Crippen LogP contribution in [0.25, 0.3) is 0 Å². The van der Waals surface area contributed by atoms with E-state index in [0.717, 1.165) is 44.9 Å². The summed E-state index contributed by atoms with van der Waals surface area (Å²) in [6, 6.07) is 9.53. The minimum Gasteiger partial charge on any atom is -0.469 e. The first-order valence-electron chi connectivity index (χ1n) is 10.3. The molecule has 0 aromatic heterocycles. The highest BCUT2D eigenvalue weighted by molar-refractivity contribution is 5.81. The lowest BCUT2D eigenvalue weighted by Crippen LogP contribution is -2.47. The fourth-order valence-corrected chi connectivity index (χ4v) is 3.90. The zero-order valence-electron chi connectivity index (χ0n) is 17.1. The second-order valence-electron chi connectivity index (χ2n) is 8.00. The Kier molecular flexibility index (Phi) is 6.40. The summed E-state index contributed by atoms with van der Waals surface area (Å²) in [4.78, 5) is 18.7. The molecular weight excluding hydrogens is 338 g/mol. The van der Waals surface area contributed by atoms with Crippen LogP contribution in [0.15, 0.2) is 29.3 Å². The molecule has 0 spiro atoms. The number of ether oxygens (including phenoxy) is 1. The van der Waals surface area contributed by atoms with Gasteiger partial charge in [-0.05, 0) is 43.2 Å². The molecule has 1 aliphatic heterocycles. The molecule has 0 amide bonds. The van der Waals surface area contributed by atoms with Gasteiger partial charge in [0.05, 0.1) is 13.0 Å². The molecule has 0 bridgehead atoms. The van der Waals surface area contributed by atoms with E-state index < -0.39 is 0 Å². The van der Waals surface area contributed by atoms with Gasteiger partial charge in [0.2, 0.25) is 0 Å². The maximum atomic E-state index is 11.7. The first-order chi connectivity index (χ1) is 13.0. The number of guanidine groups is 1. The fourth-order valence-electron chi connectivity index (χ4n) is 3.90. The van der Waals surface area contributed by atoms with E-state index in [-0.39, 0.29) is 11.9 Å². The van der Waals surface area contributed by atoms with Gasteiger partial charge in [0.1, 0.15) is 0 Å². The standard InChI is InChI=1S/C22H33N3O2/c1-5-23-22(25-12-10-18(11-13-25)21(26)27-4)24-20-14-19(20)17-8-6-16(7-9-17)15(2)3/h6-9,15,18-20H,5,10-14H2,1-4H3,(H,23,24). The zero-order chi connectivity index (χ0) is 19.4. The van der Waals surface area contributed by atoms with Crippen molar-refractivity contribution in [1.82, 2.24) is 10.2 Å². The number of methoxy groups -OCH3 is 1. The van der Waals surface area contributed by atoms with Crippen molar-refractivity contribution in [3.63, 3.8) is 0 Å². The number of hydrogen-bond acceptors (Lipinski definition) is 3. The predicted molar refractivity (Wildman–Crippen MR) is 109 cm³/mol. The van der Waals surface area contributed by atoms with Gasteiger partial charge >= 0.3 is 5.97 Å². The molecule has 2 fully saturated rings. The van der Waals surface area contributed by atoms with Crippen LogP contribution in [0, 0.1) is 5.92 Å². The number of benzene rings is 1. The Bertz CT molecular complexity index is 661. The summed E-state index contributed by atoms with van der Waals surface area (Å²) in [5.41, 5.74) is 2.81. The van der Waals surface area contributed by atoms with E-state index in [4.69, 9.17) is 9.73 Å². The third kappa shape index (κ3) is 4.82. The van der Waals surface area contributed by atoms with Crippen molar-refractivity contribution in [2.75, 3.05) is 26.7 Å². The van der Waals surface area contributed by atoms with Crippen LogP contribution in [0.3, 0.4) is 0 Å². The highest BCUT2D eigenvalue weighted by Crippen LogP contribution is 2.41. The number of likely N-dealkylation sites (tertiary alicyclic amines) is 1. The molecule has 1 N–H and O–H groups in total. The third-order valence-electron chi connectivity index (χ3n) is 5.77. The molecule has 1 aromatic carbocycles. The molecule has 1 saturated carbocycles. The fraction of sp³-hybridized carbons (Fsp3) is 0.636. The number of aliphatic imine (C=N–C) groups is 1. The Labute approximate surface area is 163 Å². The van der Waals surface area contributed by atoms with E-state index in [1.165, 1.54) is 18.2 Å². The van der Waals surface area contributed by atoms with Gasteiger partial charge in [-0.25, -0.2) is 0 Å². The molecule has 1 aliphatic carbocycles. The van der Waals surface area contributed by atoms with Gasteiger partial charge in [0, 0.05) is 31.6 Å². The molecule has 3 rings (SSSR count). The van der Waals surface area contributed by atoms with Crippen LogP contribution in [0.1, 0.15) is 63.0 Å². The Morgan fingerprint density at radius 2 is 1.93 bits per heavy atom. The maximum Gasteiger partial charge on any atom is 0.308 e. The van der Waals surface area contributed by atoms with Crippen molar-refractivity contribution in [2.45, 2.75) is 57.9 Å². The second kappa shape index (κ2) is 8.77. The number of hydrogen-bond donors (Lipinski definition) is 1. The summed E-state index contributed by atoms with van der Waals surface area (Å²) >= 11 is 0. The molecule has 5 heteroatoms. The topological polar surface area (TPSA) is 53.9 Å². The Balaban J connectivity index is 1.55. The predicted octanol–water partition coefficient (Wildman–Crippen LogP) is 3.52. The smallest absolute Gasteiger partial charge is 0.308 e. The van der Waals surface area contributed by atoms with Crippen molar-refractivity contribution < 1.29 is 9.53 Å². The number of carbonyl (C=O) groups is 1. The molecule has 27 heavy (non-hydrogen) atoms. The Hall–Kier alpha value is -2.04. The van der Waals surface area contributed by atoms with Crippen LogP contribution < -0.4 is 5.32 Å². The van der Waals surface area contributed by atoms with Crippen LogP contribution in [0.5, 0.6) is 0 Å². The Morgan fingerprint density at radius 1 is 1.26 bits per heavy atom. The first kappa shape index (κ1) is 19.7. The van der Waals surface area contributed by atoms with Crippen molar-refractivity contribution in [2.24, 2.45) is 10.9 Å². The average molecular weight is 372 g/mol. The van der Waals surface area contributed by atoms with Gasteiger partial charge in [-0.1, -0.05) is 38.1 Å². The van der Waals surface area contributed by atoms with E-state index in [1.54, 1.807) is 0 Å². The van der Waals surface area contributed by atoms with Crippen LogP contribution in [-0.2, 0) is 9.53 Å². The quantitative estimate of drug-likeness (QED) is 0.489. The van der Waals surface area contributed by atoms with Gasteiger partial charge < -0.3 is 15.0 Å². The number of piperidine rings is 1. The van der Waals surface area contributed by atoms with E-state index in [2.05, 4.69) is 55.3 Å². The molecule has 1 aromatic rings. The molecule has 2 unspecified atom stereocenters. The van der Waals surface area contributed by atoms with Crippen molar-refractivity contribution in [3.05, 3.63) is 35.4 Å². The third-order valence-corrected chi connectivity index (χ3v) is 5.77. The van der Waals surface area contributed by atoms with Crippen LogP contribution in [0.4, 0.5) is 0 Å². The summed E-state index contributed by atoms with van der Waals surface area (Å²) < 4.78 is 4.89. The van der Waals surface area contributed by atoms with E-state index in [9.17, 15) is 4.79 Å². The molecule has 5 nitrogen and oxygen atoms in total. The average Bonchev–Trinajstić information content (AvgIpc) is 3.46. The summed E-state index contributed by atoms with van der Waals surface area (Å²) in [5, 5.41) is 3.67. The molecular formula is C22H33N3O2. The highest BCUT2D eigenvalue weighted by Gasteiger charge is 2.40. The number of nitrogens with zero attached hydrogens (tertiary/aromatic N) is 2. The minimum absolute atomic E-state index is 0.0299. The lowest BCUT2D eigenvalue weighted by Gasteiger charge is -2.33. The molecule has 0 radical (unpaired) electrons. The van der Waals surface area contributed by atoms with Gasteiger partial charge in [-0.2, -0.15) is 0 Å². The van der Waals surface area contributed by atoms with Gasteiger partial charge in [0.25, 0.3) is 0 Å². The normalized spacial score (nSPS) is 23.4. The Morgan fingerprint density at radius 3 is 2.48 bits per heavy atom. The molecule has 2 aliphatic rings. The minimum atomic E-state index is -0.0799. The monoisotopic (exact) mass is 371 g/mol. The van der Waals surface area contributed by atoms with E-state index >= 15 is 0 Å². The molecule has 1 saturated heterocycles. The van der Waals surface area contributed by atoms with Crippen LogP contribution in [0.2, 0.25) is 0 Å². The maximum absolute atomic E-state index is 11.7. The summed E-state index contributed by atoms with van der Waals surface area (Å²) in [6.45, 7) is 9.00. The second-order valence-corrected chi connectivity index (χ2v) is 8.00. The zero-order valence-corrected chi connectivity index (χ0v) is 17.1. The molecule has 2 atom stereocenters. The van der Waals surface area contributed by atoms with Crippen LogP contribution in [-0.4, -0.2) is 49.6 Å². The van der Waals surface area contributed by atoms with Crippen molar-refractivity contribution in [1.29, 1.82) is 0 Å². The van der Waals surface area contributed by atoms with E-state index in [0.29, 0.717) is 17.9 Å². The van der Waals surface area contributed by atoms with Crippen molar-refractivity contribution >= 4 is 11.9 Å². The van der Waals surface area contributed by atoms with Gasteiger partial charge in [-0.15, -0.1) is 0 Å². The number of rotatable bonds is 5. The summed E-state index contributed by atoms with van der Waals surface area (Å²) in [6.07, 6.45) is 2.83. The van der Waals surface area contributed by atoms with Crippen molar-refractivity contribution in [3.8, 4) is 0 Å².